The minimum atomic E-state index is -0.150. The Balaban J connectivity index is 1.16. The van der Waals surface area contributed by atoms with Crippen LogP contribution in [0.15, 0.2) is 78.9 Å². The van der Waals surface area contributed by atoms with Gasteiger partial charge in [-0.25, -0.2) is 0 Å². The maximum Gasteiger partial charge on any atom is 0.244 e. The van der Waals surface area contributed by atoms with E-state index in [0.29, 0.717) is 10.6 Å². The van der Waals surface area contributed by atoms with E-state index in [-0.39, 0.29) is 12.5 Å². The highest BCUT2D eigenvalue weighted by Crippen LogP contribution is 2.21. The van der Waals surface area contributed by atoms with Crippen molar-refractivity contribution in [2.24, 2.45) is 0 Å². The van der Waals surface area contributed by atoms with Gasteiger partial charge in [0, 0.05) is 49.7 Å². The summed E-state index contributed by atoms with van der Waals surface area (Å²) in [5, 5.41) is 10.1. The number of aromatic amines is 1. The van der Waals surface area contributed by atoms with Crippen LogP contribution in [0.3, 0.4) is 0 Å². The maximum atomic E-state index is 12.8. The smallest absolute Gasteiger partial charge is 0.244 e. The van der Waals surface area contributed by atoms with Gasteiger partial charge in [-0.2, -0.15) is 5.10 Å². The second-order valence-corrected chi connectivity index (χ2v) is 9.54. The van der Waals surface area contributed by atoms with Crippen LogP contribution in [0.2, 0.25) is 0 Å². The molecular weight excluding hydrogens is 468 g/mol. The monoisotopic (exact) mass is 498 g/mol. The van der Waals surface area contributed by atoms with Gasteiger partial charge in [-0.05, 0) is 49.0 Å². The van der Waals surface area contributed by atoms with Crippen molar-refractivity contribution in [2.75, 3.05) is 36.4 Å². The van der Waals surface area contributed by atoms with Crippen LogP contribution in [-0.4, -0.2) is 51.8 Å². The zero-order chi connectivity index (χ0) is 24.9. The van der Waals surface area contributed by atoms with Crippen molar-refractivity contribution in [3.63, 3.8) is 0 Å². The number of carbonyl (C=O) groups is 1. The van der Waals surface area contributed by atoms with E-state index in [2.05, 4.69) is 67.8 Å². The number of piperazine rings is 1. The highest BCUT2D eigenvalue weighted by atomic mass is 32.1. The quantitative estimate of drug-likeness (QED) is 0.356. The van der Waals surface area contributed by atoms with Crippen molar-refractivity contribution in [3.05, 3.63) is 94.8 Å². The van der Waals surface area contributed by atoms with E-state index in [0.717, 1.165) is 49.5 Å². The van der Waals surface area contributed by atoms with E-state index in [1.807, 2.05) is 43.3 Å². The fourth-order valence-electron chi connectivity index (χ4n) is 4.49. The number of anilines is 2. The summed E-state index contributed by atoms with van der Waals surface area (Å²) in [6.45, 7) is 7.14. The Labute approximate surface area is 216 Å². The largest absolute Gasteiger partial charge is 0.369 e. The third-order valence-electron chi connectivity index (χ3n) is 6.51. The summed E-state index contributed by atoms with van der Waals surface area (Å²) < 4.78 is 2.14. The normalized spacial score (nSPS) is 14.1. The minimum absolute atomic E-state index is 0.0870. The van der Waals surface area contributed by atoms with Crippen LogP contribution in [0.5, 0.6) is 0 Å². The van der Waals surface area contributed by atoms with Crippen LogP contribution in [0.4, 0.5) is 11.4 Å². The third kappa shape index (κ3) is 5.72. The Morgan fingerprint density at radius 3 is 2.33 bits per heavy atom. The zero-order valence-corrected chi connectivity index (χ0v) is 21.2. The summed E-state index contributed by atoms with van der Waals surface area (Å²) in [4.78, 5) is 17.7. The van der Waals surface area contributed by atoms with Gasteiger partial charge in [-0.3, -0.25) is 19.4 Å². The molecule has 0 saturated carbocycles. The van der Waals surface area contributed by atoms with Gasteiger partial charge in [0.2, 0.25) is 5.91 Å². The molecule has 0 bridgehead atoms. The van der Waals surface area contributed by atoms with E-state index in [1.54, 1.807) is 4.57 Å². The predicted molar refractivity (Wildman–Crippen MR) is 147 cm³/mol. The van der Waals surface area contributed by atoms with Crippen molar-refractivity contribution in [2.45, 2.75) is 20.0 Å². The Bertz CT molecular complexity index is 1350. The van der Waals surface area contributed by atoms with Gasteiger partial charge in [-0.15, -0.1) is 0 Å². The number of hydrogen-bond donors (Lipinski definition) is 2. The number of rotatable bonds is 7. The lowest BCUT2D eigenvalue weighted by Gasteiger charge is -2.36. The summed E-state index contributed by atoms with van der Waals surface area (Å²) in [6, 6.07) is 26.7. The van der Waals surface area contributed by atoms with Gasteiger partial charge in [0.05, 0.1) is 0 Å². The highest BCUT2D eigenvalue weighted by molar-refractivity contribution is 7.71. The molecule has 8 heteroatoms. The molecule has 2 N–H and O–H groups in total. The number of nitrogens with zero attached hydrogens (tertiary/aromatic N) is 4. The van der Waals surface area contributed by atoms with E-state index in [9.17, 15) is 4.79 Å². The van der Waals surface area contributed by atoms with Crippen molar-refractivity contribution in [3.8, 4) is 11.4 Å². The van der Waals surface area contributed by atoms with Crippen molar-refractivity contribution in [1.82, 2.24) is 19.7 Å². The van der Waals surface area contributed by atoms with Crippen LogP contribution < -0.4 is 10.2 Å². The number of aryl methyl sites for hydroxylation is 1. The third-order valence-corrected chi connectivity index (χ3v) is 6.82. The molecular formula is C28H30N6OS. The van der Waals surface area contributed by atoms with E-state index in [1.165, 1.54) is 11.3 Å². The van der Waals surface area contributed by atoms with Crippen LogP contribution in [0, 0.1) is 11.7 Å². The lowest BCUT2D eigenvalue weighted by Crippen LogP contribution is -2.45. The first-order chi connectivity index (χ1) is 17.5. The lowest BCUT2D eigenvalue weighted by molar-refractivity contribution is -0.116. The molecule has 0 aliphatic carbocycles. The number of aromatic nitrogens is 3. The van der Waals surface area contributed by atoms with Crippen LogP contribution in [0.25, 0.3) is 11.4 Å². The molecule has 1 fully saturated rings. The maximum absolute atomic E-state index is 12.8. The summed E-state index contributed by atoms with van der Waals surface area (Å²) >= 11 is 5.37. The average molecular weight is 499 g/mol. The number of amides is 1. The first-order valence-corrected chi connectivity index (χ1v) is 12.6. The van der Waals surface area contributed by atoms with E-state index in [4.69, 9.17) is 12.2 Å². The Kier molecular flexibility index (Phi) is 7.25. The SMILES string of the molecule is Cc1ccc(-c2n[nH]c(=S)n2CC(=O)Nc2ccc(N3CCN(Cc4ccccc4)CC3)cc2)cc1. The molecule has 1 aliphatic rings. The zero-order valence-electron chi connectivity index (χ0n) is 20.4. The van der Waals surface area contributed by atoms with Crippen LogP contribution in [0.1, 0.15) is 11.1 Å². The van der Waals surface area contributed by atoms with Gasteiger partial charge in [0.1, 0.15) is 6.54 Å². The highest BCUT2D eigenvalue weighted by Gasteiger charge is 2.18. The first kappa shape index (κ1) is 24.0. The predicted octanol–water partition coefficient (Wildman–Crippen LogP) is 4.88. The molecule has 2 heterocycles. The second kappa shape index (κ2) is 10.9. The Morgan fingerprint density at radius 1 is 0.944 bits per heavy atom. The molecule has 1 aliphatic heterocycles. The molecule has 1 amide bonds. The fraction of sp³-hybridized carbons (Fsp3) is 0.250. The van der Waals surface area contributed by atoms with Crippen molar-refractivity contribution >= 4 is 29.5 Å². The van der Waals surface area contributed by atoms with Gasteiger partial charge in [0.25, 0.3) is 0 Å². The first-order valence-electron chi connectivity index (χ1n) is 12.2. The van der Waals surface area contributed by atoms with E-state index >= 15 is 0 Å². The number of H-pyrrole nitrogens is 1. The molecule has 3 aromatic carbocycles. The molecule has 5 rings (SSSR count). The molecule has 1 saturated heterocycles. The summed E-state index contributed by atoms with van der Waals surface area (Å²) in [7, 11) is 0. The molecule has 0 radical (unpaired) electrons. The van der Waals surface area contributed by atoms with E-state index < -0.39 is 0 Å². The molecule has 184 valence electrons. The van der Waals surface area contributed by atoms with Crippen LogP contribution in [-0.2, 0) is 17.9 Å². The molecule has 0 atom stereocenters. The average Bonchev–Trinajstić information content (AvgIpc) is 3.26. The summed E-state index contributed by atoms with van der Waals surface area (Å²) in [5.74, 6) is 0.500. The number of hydrogen-bond acceptors (Lipinski definition) is 5. The topological polar surface area (TPSA) is 69.2 Å². The molecule has 0 unspecified atom stereocenters. The minimum Gasteiger partial charge on any atom is -0.369 e. The summed E-state index contributed by atoms with van der Waals surface area (Å²) in [6.07, 6.45) is 0. The molecule has 7 nitrogen and oxygen atoms in total. The molecule has 4 aromatic rings. The lowest BCUT2D eigenvalue weighted by atomic mass is 10.1. The van der Waals surface area contributed by atoms with Gasteiger partial charge >= 0.3 is 0 Å². The second-order valence-electron chi connectivity index (χ2n) is 9.15. The molecule has 0 spiro atoms. The summed E-state index contributed by atoms with van der Waals surface area (Å²) in [5.41, 5.74) is 5.36. The van der Waals surface area contributed by atoms with Gasteiger partial charge in [0.15, 0.2) is 10.6 Å². The standard InChI is InChI=1S/C28H30N6OS/c1-21-7-9-23(10-8-21)27-30-31-28(36)34(27)20-26(35)29-24-11-13-25(14-12-24)33-17-15-32(16-18-33)19-22-5-3-2-4-6-22/h2-14H,15-20H2,1H3,(H,29,35)(H,31,36). The van der Waals surface area contributed by atoms with Gasteiger partial charge in [-0.1, -0.05) is 60.2 Å². The fourth-order valence-corrected chi connectivity index (χ4v) is 4.69. The number of benzene rings is 3. The van der Waals surface area contributed by atoms with Crippen LogP contribution >= 0.6 is 12.2 Å². The number of nitrogens with one attached hydrogen (secondary N) is 2. The Hall–Kier alpha value is -3.75. The molecule has 36 heavy (non-hydrogen) atoms. The Morgan fingerprint density at radius 2 is 1.64 bits per heavy atom. The van der Waals surface area contributed by atoms with Gasteiger partial charge < -0.3 is 10.2 Å². The van der Waals surface area contributed by atoms with Crippen molar-refractivity contribution < 1.29 is 4.79 Å². The molecule has 1 aromatic heterocycles. The number of carbonyl (C=O) groups excluding carboxylic acids is 1. The van der Waals surface area contributed by atoms with Crippen molar-refractivity contribution in [1.29, 1.82) is 0 Å².